The van der Waals surface area contributed by atoms with Crippen molar-refractivity contribution < 1.29 is 9.47 Å². The molecule has 0 bridgehead atoms. The summed E-state index contributed by atoms with van der Waals surface area (Å²) in [5, 5.41) is 3.36. The summed E-state index contributed by atoms with van der Waals surface area (Å²) in [5.41, 5.74) is 2.37. The highest BCUT2D eigenvalue weighted by Gasteiger charge is 2.00. The molecule has 0 saturated carbocycles. The average molecular weight is 271 g/mol. The van der Waals surface area contributed by atoms with Crippen LogP contribution in [0.3, 0.4) is 0 Å². The minimum Gasteiger partial charge on any atom is -0.496 e. The zero-order chi connectivity index (χ0) is 14.2. The standard InChI is InChI=1S/C17H21NO2/c1-14-6-5-8-16(12-14)20-11-10-18-13-15-7-3-4-9-17(15)19-2/h3-9,12,18H,10-11,13H2,1-2H3. The van der Waals surface area contributed by atoms with Gasteiger partial charge < -0.3 is 14.8 Å². The first-order valence-corrected chi connectivity index (χ1v) is 6.81. The Morgan fingerprint density at radius 3 is 2.70 bits per heavy atom. The molecule has 0 unspecified atom stereocenters. The largest absolute Gasteiger partial charge is 0.496 e. The molecule has 0 aliphatic rings. The predicted octanol–water partition coefficient (Wildman–Crippen LogP) is 3.17. The lowest BCUT2D eigenvalue weighted by Crippen LogP contribution is -2.20. The zero-order valence-electron chi connectivity index (χ0n) is 12.1. The van der Waals surface area contributed by atoms with Crippen LogP contribution in [0.25, 0.3) is 0 Å². The number of aryl methyl sites for hydroxylation is 1. The van der Waals surface area contributed by atoms with Gasteiger partial charge in [-0.05, 0) is 30.7 Å². The van der Waals surface area contributed by atoms with E-state index in [1.165, 1.54) is 5.56 Å². The number of rotatable bonds is 7. The van der Waals surface area contributed by atoms with E-state index in [1.54, 1.807) is 7.11 Å². The maximum atomic E-state index is 5.69. The second-order valence-electron chi connectivity index (χ2n) is 4.65. The second-order valence-corrected chi connectivity index (χ2v) is 4.65. The maximum Gasteiger partial charge on any atom is 0.123 e. The van der Waals surface area contributed by atoms with Gasteiger partial charge in [-0.3, -0.25) is 0 Å². The number of hydrogen-bond acceptors (Lipinski definition) is 3. The summed E-state index contributed by atoms with van der Waals surface area (Å²) in [6.07, 6.45) is 0. The van der Waals surface area contributed by atoms with Crippen molar-refractivity contribution in [1.29, 1.82) is 0 Å². The monoisotopic (exact) mass is 271 g/mol. The van der Waals surface area contributed by atoms with E-state index < -0.39 is 0 Å². The van der Waals surface area contributed by atoms with Crippen LogP contribution in [0.2, 0.25) is 0 Å². The molecule has 2 aromatic rings. The molecule has 0 amide bonds. The van der Waals surface area contributed by atoms with E-state index in [1.807, 2.05) is 36.4 Å². The van der Waals surface area contributed by atoms with Crippen molar-refractivity contribution in [2.45, 2.75) is 13.5 Å². The summed E-state index contributed by atoms with van der Waals surface area (Å²) in [6, 6.07) is 16.1. The van der Waals surface area contributed by atoms with Gasteiger partial charge in [-0.1, -0.05) is 30.3 Å². The van der Waals surface area contributed by atoms with Gasteiger partial charge >= 0.3 is 0 Å². The summed E-state index contributed by atoms with van der Waals surface area (Å²) < 4.78 is 11.0. The molecule has 3 heteroatoms. The summed E-state index contributed by atoms with van der Waals surface area (Å²) in [5.74, 6) is 1.84. The van der Waals surface area contributed by atoms with E-state index in [0.717, 1.165) is 30.2 Å². The van der Waals surface area contributed by atoms with Gasteiger partial charge in [0.1, 0.15) is 18.1 Å². The number of nitrogens with one attached hydrogen (secondary N) is 1. The van der Waals surface area contributed by atoms with Gasteiger partial charge in [0.2, 0.25) is 0 Å². The fourth-order valence-electron chi connectivity index (χ4n) is 2.02. The van der Waals surface area contributed by atoms with Crippen molar-refractivity contribution in [2.24, 2.45) is 0 Å². The molecule has 0 radical (unpaired) electrons. The van der Waals surface area contributed by atoms with Crippen molar-refractivity contribution in [3.8, 4) is 11.5 Å². The van der Waals surface area contributed by atoms with Crippen LogP contribution in [0.4, 0.5) is 0 Å². The molecule has 2 rings (SSSR count). The molecule has 0 saturated heterocycles. The molecule has 2 aromatic carbocycles. The van der Waals surface area contributed by atoms with Crippen molar-refractivity contribution in [2.75, 3.05) is 20.3 Å². The van der Waals surface area contributed by atoms with Gasteiger partial charge in [0, 0.05) is 18.7 Å². The summed E-state index contributed by atoms with van der Waals surface area (Å²) in [4.78, 5) is 0. The maximum absolute atomic E-state index is 5.69. The second kappa shape index (κ2) is 7.56. The van der Waals surface area contributed by atoms with Gasteiger partial charge in [0.15, 0.2) is 0 Å². The third kappa shape index (κ3) is 4.28. The van der Waals surface area contributed by atoms with E-state index in [4.69, 9.17) is 9.47 Å². The number of methoxy groups -OCH3 is 1. The molecule has 0 fully saturated rings. The highest BCUT2D eigenvalue weighted by molar-refractivity contribution is 5.33. The van der Waals surface area contributed by atoms with E-state index in [2.05, 4.69) is 24.4 Å². The summed E-state index contributed by atoms with van der Waals surface area (Å²) in [7, 11) is 1.69. The van der Waals surface area contributed by atoms with E-state index in [-0.39, 0.29) is 0 Å². The van der Waals surface area contributed by atoms with Gasteiger partial charge in [-0.25, -0.2) is 0 Å². The topological polar surface area (TPSA) is 30.5 Å². The first-order chi connectivity index (χ1) is 9.79. The number of benzene rings is 2. The molecule has 0 spiro atoms. The van der Waals surface area contributed by atoms with Crippen LogP contribution in [-0.4, -0.2) is 20.3 Å². The van der Waals surface area contributed by atoms with E-state index >= 15 is 0 Å². The lowest BCUT2D eigenvalue weighted by atomic mass is 10.2. The first kappa shape index (κ1) is 14.4. The van der Waals surface area contributed by atoms with Gasteiger partial charge in [0.05, 0.1) is 7.11 Å². The number of para-hydroxylation sites is 1. The molecule has 0 aliphatic carbocycles. The minimum atomic E-state index is 0.651. The number of ether oxygens (including phenoxy) is 2. The fourth-order valence-corrected chi connectivity index (χ4v) is 2.02. The Hall–Kier alpha value is -2.00. The molecule has 106 valence electrons. The Labute approximate surface area is 120 Å². The van der Waals surface area contributed by atoms with Crippen LogP contribution >= 0.6 is 0 Å². The average Bonchev–Trinajstić information content (AvgIpc) is 2.47. The van der Waals surface area contributed by atoms with Crippen molar-refractivity contribution in [3.05, 3.63) is 59.7 Å². The lowest BCUT2D eigenvalue weighted by Gasteiger charge is -2.10. The third-order valence-corrected chi connectivity index (χ3v) is 3.05. The van der Waals surface area contributed by atoms with Crippen LogP contribution in [0.1, 0.15) is 11.1 Å². The van der Waals surface area contributed by atoms with Crippen molar-refractivity contribution in [1.82, 2.24) is 5.32 Å². The Balaban J connectivity index is 1.71. The molecular weight excluding hydrogens is 250 g/mol. The molecule has 0 heterocycles. The Morgan fingerprint density at radius 1 is 1.05 bits per heavy atom. The normalized spacial score (nSPS) is 10.3. The lowest BCUT2D eigenvalue weighted by molar-refractivity contribution is 0.313. The van der Waals surface area contributed by atoms with Crippen molar-refractivity contribution >= 4 is 0 Å². The van der Waals surface area contributed by atoms with Crippen molar-refractivity contribution in [3.63, 3.8) is 0 Å². The molecule has 1 N–H and O–H groups in total. The fraction of sp³-hybridized carbons (Fsp3) is 0.294. The Kier molecular flexibility index (Phi) is 5.44. The SMILES string of the molecule is COc1ccccc1CNCCOc1cccc(C)c1. The first-order valence-electron chi connectivity index (χ1n) is 6.81. The van der Waals surface area contributed by atoms with Crippen LogP contribution in [0.5, 0.6) is 11.5 Å². The smallest absolute Gasteiger partial charge is 0.123 e. The van der Waals surface area contributed by atoms with Crippen LogP contribution in [0, 0.1) is 6.92 Å². The zero-order valence-corrected chi connectivity index (χ0v) is 12.1. The van der Waals surface area contributed by atoms with E-state index in [0.29, 0.717) is 6.61 Å². The third-order valence-electron chi connectivity index (χ3n) is 3.05. The van der Waals surface area contributed by atoms with Gasteiger partial charge in [0.25, 0.3) is 0 Å². The molecule has 0 aromatic heterocycles. The van der Waals surface area contributed by atoms with Crippen LogP contribution in [-0.2, 0) is 6.54 Å². The molecule has 3 nitrogen and oxygen atoms in total. The van der Waals surface area contributed by atoms with Crippen LogP contribution < -0.4 is 14.8 Å². The Bertz CT molecular complexity index is 540. The quantitative estimate of drug-likeness (QED) is 0.785. The van der Waals surface area contributed by atoms with Crippen LogP contribution in [0.15, 0.2) is 48.5 Å². The highest BCUT2D eigenvalue weighted by Crippen LogP contribution is 2.16. The molecule has 0 aliphatic heterocycles. The number of hydrogen-bond donors (Lipinski definition) is 1. The molecule has 20 heavy (non-hydrogen) atoms. The Morgan fingerprint density at radius 2 is 1.90 bits per heavy atom. The van der Waals surface area contributed by atoms with Gasteiger partial charge in [-0.15, -0.1) is 0 Å². The minimum absolute atomic E-state index is 0.651. The van der Waals surface area contributed by atoms with E-state index in [9.17, 15) is 0 Å². The highest BCUT2D eigenvalue weighted by atomic mass is 16.5. The molecular formula is C17H21NO2. The summed E-state index contributed by atoms with van der Waals surface area (Å²) >= 11 is 0. The molecule has 0 atom stereocenters. The van der Waals surface area contributed by atoms with Gasteiger partial charge in [-0.2, -0.15) is 0 Å². The predicted molar refractivity (Wildman–Crippen MR) is 81.4 cm³/mol. The summed E-state index contributed by atoms with van der Waals surface area (Å²) in [6.45, 7) is 4.29.